The van der Waals surface area contributed by atoms with Gasteiger partial charge < -0.3 is 14.5 Å². The second kappa shape index (κ2) is 7.23. The van der Waals surface area contributed by atoms with Gasteiger partial charge in [0, 0.05) is 48.8 Å². The highest BCUT2D eigenvalue weighted by Gasteiger charge is 2.31. The third-order valence-corrected chi connectivity index (χ3v) is 6.78. The molecule has 0 spiro atoms. The molecular weight excluding hydrogens is 448 g/mol. The fourth-order valence-corrected chi connectivity index (χ4v) is 5.78. The van der Waals surface area contributed by atoms with Gasteiger partial charge in [0.1, 0.15) is 0 Å². The first-order valence-electron chi connectivity index (χ1n) is 8.37. The lowest BCUT2D eigenvalue weighted by Crippen LogP contribution is -2.24. The van der Waals surface area contributed by atoms with Gasteiger partial charge in [-0.1, -0.05) is 39.3 Å². The van der Waals surface area contributed by atoms with E-state index in [2.05, 4.69) is 26.6 Å². The first-order valence-corrected chi connectivity index (χ1v) is 10.4. The van der Waals surface area contributed by atoms with Crippen molar-refractivity contribution < 1.29 is 9.90 Å². The number of aromatic nitrogens is 1. The standard InChI is InChI=1S/C20H14BrClN2O2S/c21-15-7-11(10-23)8-16-18(15)20(27-14-3-1-13(22)2-4-14)19-12(9-17(25)26)5-6-24(16)19/h1-4,7-8,12H,5-6,9H2,(H,25,26)/p-1. The Kier molecular flexibility index (Phi) is 4.94. The summed E-state index contributed by atoms with van der Waals surface area (Å²) in [6, 6.07) is 13.4. The fourth-order valence-electron chi connectivity index (χ4n) is 3.67. The third-order valence-electron chi connectivity index (χ3n) is 4.77. The molecule has 0 saturated heterocycles. The van der Waals surface area contributed by atoms with E-state index in [9.17, 15) is 15.2 Å². The second-order valence-corrected chi connectivity index (χ2v) is 8.82. The van der Waals surface area contributed by atoms with Crippen LogP contribution < -0.4 is 5.11 Å². The van der Waals surface area contributed by atoms with E-state index < -0.39 is 5.97 Å². The van der Waals surface area contributed by atoms with Gasteiger partial charge >= 0.3 is 0 Å². The molecule has 1 aromatic heterocycles. The summed E-state index contributed by atoms with van der Waals surface area (Å²) in [5.41, 5.74) is 2.53. The quantitative estimate of drug-likeness (QED) is 0.565. The molecule has 2 aromatic carbocycles. The van der Waals surface area contributed by atoms with Gasteiger partial charge in [0.05, 0.1) is 17.1 Å². The minimum Gasteiger partial charge on any atom is -0.550 e. The van der Waals surface area contributed by atoms with Crippen LogP contribution in [-0.4, -0.2) is 10.5 Å². The maximum Gasteiger partial charge on any atom is 0.0992 e. The van der Waals surface area contributed by atoms with Crippen molar-refractivity contribution in [3.63, 3.8) is 0 Å². The van der Waals surface area contributed by atoms with E-state index in [-0.39, 0.29) is 12.3 Å². The Hall–Kier alpha value is -1.94. The fraction of sp³-hybridized carbons (Fsp3) is 0.200. The van der Waals surface area contributed by atoms with Crippen LogP contribution in [0.5, 0.6) is 0 Å². The lowest BCUT2D eigenvalue weighted by atomic mass is 10.00. The number of rotatable bonds is 4. The van der Waals surface area contributed by atoms with E-state index in [0.29, 0.717) is 10.6 Å². The average Bonchev–Trinajstić information content (AvgIpc) is 3.16. The van der Waals surface area contributed by atoms with Gasteiger partial charge in [0.25, 0.3) is 0 Å². The smallest absolute Gasteiger partial charge is 0.0992 e. The minimum absolute atomic E-state index is 0.00672. The van der Waals surface area contributed by atoms with E-state index in [1.807, 2.05) is 30.3 Å². The van der Waals surface area contributed by atoms with Crippen molar-refractivity contribution in [2.45, 2.75) is 35.1 Å². The SMILES string of the molecule is N#Cc1cc(Br)c2c(Sc3ccc(Cl)cc3)c3n(c2c1)CCC3CC(=O)[O-]. The third kappa shape index (κ3) is 3.36. The summed E-state index contributed by atoms with van der Waals surface area (Å²) in [5.74, 6) is -1.15. The number of carboxylic acid groups (broad SMARTS) is 1. The van der Waals surface area contributed by atoms with Crippen LogP contribution in [0.25, 0.3) is 10.9 Å². The van der Waals surface area contributed by atoms with Crippen molar-refractivity contribution in [3.8, 4) is 6.07 Å². The van der Waals surface area contributed by atoms with Gasteiger partial charge in [-0.3, -0.25) is 0 Å². The molecule has 0 N–H and O–H groups in total. The molecule has 2 heterocycles. The van der Waals surface area contributed by atoms with Gasteiger partial charge in [-0.25, -0.2) is 0 Å². The average molecular weight is 461 g/mol. The van der Waals surface area contributed by atoms with Crippen molar-refractivity contribution in [3.05, 3.63) is 57.2 Å². The number of fused-ring (bicyclic) bond motifs is 3. The van der Waals surface area contributed by atoms with Crippen LogP contribution in [0.4, 0.5) is 0 Å². The first-order chi connectivity index (χ1) is 13.0. The molecule has 1 aliphatic heterocycles. The number of benzene rings is 2. The molecule has 0 fully saturated rings. The number of carbonyl (C=O) groups excluding carboxylic acids is 1. The molecule has 0 saturated carbocycles. The lowest BCUT2D eigenvalue weighted by Gasteiger charge is -2.13. The maximum absolute atomic E-state index is 11.3. The van der Waals surface area contributed by atoms with Crippen molar-refractivity contribution in [1.82, 2.24) is 4.57 Å². The molecule has 1 unspecified atom stereocenters. The molecule has 1 atom stereocenters. The molecule has 3 aromatic rings. The van der Waals surface area contributed by atoms with E-state index in [1.54, 1.807) is 17.8 Å². The van der Waals surface area contributed by atoms with Crippen LogP contribution in [0.3, 0.4) is 0 Å². The summed E-state index contributed by atoms with van der Waals surface area (Å²) in [6.07, 6.45) is 0.745. The van der Waals surface area contributed by atoms with Gasteiger partial charge in [-0.05, 0) is 49.2 Å². The Bertz CT molecular complexity index is 1100. The van der Waals surface area contributed by atoms with Crippen LogP contribution in [0.1, 0.15) is 30.0 Å². The van der Waals surface area contributed by atoms with Crippen molar-refractivity contribution in [1.29, 1.82) is 5.26 Å². The molecular formula is C20H13BrClN2O2S-. The first kappa shape index (κ1) is 18.4. The molecule has 0 bridgehead atoms. The van der Waals surface area contributed by atoms with E-state index in [4.69, 9.17) is 11.6 Å². The predicted molar refractivity (Wildman–Crippen MR) is 107 cm³/mol. The Morgan fingerprint density at radius 1 is 1.37 bits per heavy atom. The molecule has 0 amide bonds. The number of nitrogens with zero attached hydrogens (tertiary/aromatic N) is 2. The summed E-state index contributed by atoms with van der Waals surface area (Å²) in [6.45, 7) is 0.728. The number of nitriles is 1. The summed E-state index contributed by atoms with van der Waals surface area (Å²) >= 11 is 11.2. The Morgan fingerprint density at radius 2 is 2.11 bits per heavy atom. The molecule has 1 aliphatic rings. The number of hydrogen-bond donors (Lipinski definition) is 0. The zero-order valence-electron chi connectivity index (χ0n) is 14.0. The van der Waals surface area contributed by atoms with Crippen LogP contribution in [-0.2, 0) is 11.3 Å². The predicted octanol–water partition coefficient (Wildman–Crippen LogP) is 4.71. The van der Waals surface area contributed by atoms with Crippen molar-refractivity contribution >= 4 is 56.2 Å². The molecule has 4 rings (SSSR count). The number of carbonyl (C=O) groups is 1. The largest absolute Gasteiger partial charge is 0.550 e. The highest BCUT2D eigenvalue weighted by atomic mass is 79.9. The molecule has 0 aliphatic carbocycles. The normalized spacial score (nSPS) is 15.7. The van der Waals surface area contributed by atoms with Gasteiger partial charge in [0.15, 0.2) is 0 Å². The Morgan fingerprint density at radius 3 is 2.78 bits per heavy atom. The van der Waals surface area contributed by atoms with Gasteiger partial charge in [-0.15, -0.1) is 0 Å². The summed E-state index contributed by atoms with van der Waals surface area (Å²) in [5, 5.41) is 22.3. The lowest BCUT2D eigenvalue weighted by molar-refractivity contribution is -0.306. The number of aryl methyl sites for hydroxylation is 1. The highest BCUT2D eigenvalue weighted by Crippen LogP contribution is 2.48. The van der Waals surface area contributed by atoms with E-state index in [1.165, 1.54) is 0 Å². The molecule has 4 nitrogen and oxygen atoms in total. The zero-order chi connectivity index (χ0) is 19.1. The van der Waals surface area contributed by atoms with Crippen LogP contribution in [0.15, 0.2) is 50.7 Å². The molecule has 0 radical (unpaired) electrons. The Labute approximate surface area is 173 Å². The topological polar surface area (TPSA) is 68.8 Å². The number of aliphatic carboxylic acids is 1. The second-order valence-electron chi connectivity index (χ2n) is 6.45. The monoisotopic (exact) mass is 459 g/mol. The zero-order valence-corrected chi connectivity index (χ0v) is 17.2. The minimum atomic E-state index is -1.04. The van der Waals surface area contributed by atoms with Gasteiger partial charge in [-0.2, -0.15) is 5.26 Å². The summed E-state index contributed by atoms with van der Waals surface area (Å²) < 4.78 is 2.98. The Balaban J connectivity index is 1.93. The summed E-state index contributed by atoms with van der Waals surface area (Å²) in [4.78, 5) is 13.3. The number of halogens is 2. The van der Waals surface area contributed by atoms with E-state index in [0.717, 1.165) is 43.8 Å². The highest BCUT2D eigenvalue weighted by molar-refractivity contribution is 9.10. The van der Waals surface area contributed by atoms with E-state index >= 15 is 0 Å². The molecule has 7 heteroatoms. The summed E-state index contributed by atoms with van der Waals surface area (Å²) in [7, 11) is 0. The van der Waals surface area contributed by atoms with Crippen LogP contribution in [0.2, 0.25) is 5.02 Å². The van der Waals surface area contributed by atoms with Gasteiger partial charge in [0.2, 0.25) is 0 Å². The van der Waals surface area contributed by atoms with Crippen LogP contribution in [0, 0.1) is 11.3 Å². The van der Waals surface area contributed by atoms with Crippen molar-refractivity contribution in [2.75, 3.05) is 0 Å². The van der Waals surface area contributed by atoms with Crippen LogP contribution >= 0.6 is 39.3 Å². The molecule has 27 heavy (non-hydrogen) atoms. The number of hydrogen-bond acceptors (Lipinski definition) is 4. The van der Waals surface area contributed by atoms with Crippen molar-refractivity contribution in [2.24, 2.45) is 0 Å². The number of carboxylic acids is 1. The molecule has 136 valence electrons. The maximum atomic E-state index is 11.3.